The fourth-order valence-corrected chi connectivity index (χ4v) is 2.23. The Bertz CT molecular complexity index is 547. The van der Waals surface area contributed by atoms with Crippen molar-refractivity contribution < 1.29 is 4.52 Å². The third-order valence-electron chi connectivity index (χ3n) is 3.71. The largest absolute Gasteiger partial charge is 0.337 e. The first-order chi connectivity index (χ1) is 8.58. The molecule has 0 radical (unpaired) electrons. The van der Waals surface area contributed by atoms with Crippen LogP contribution in [0.4, 0.5) is 0 Å². The van der Waals surface area contributed by atoms with Gasteiger partial charge in [0, 0.05) is 5.92 Å². The molecule has 0 aliphatic heterocycles. The molecule has 0 bridgehead atoms. The van der Waals surface area contributed by atoms with Gasteiger partial charge >= 0.3 is 0 Å². The smallest absolute Gasteiger partial charge is 0.248 e. The second-order valence-corrected chi connectivity index (χ2v) is 5.62. The number of nitrogens with two attached hydrogens (primary N) is 1. The summed E-state index contributed by atoms with van der Waals surface area (Å²) < 4.78 is 5.29. The van der Waals surface area contributed by atoms with Gasteiger partial charge in [0.05, 0.1) is 0 Å². The molecule has 4 heteroatoms. The van der Waals surface area contributed by atoms with Crippen molar-refractivity contribution in [1.29, 1.82) is 0 Å². The van der Waals surface area contributed by atoms with Gasteiger partial charge in [-0.25, -0.2) is 0 Å². The molecule has 2 aromatic rings. The van der Waals surface area contributed by atoms with Crippen molar-refractivity contribution in [2.75, 3.05) is 0 Å². The van der Waals surface area contributed by atoms with Crippen molar-refractivity contribution >= 4 is 0 Å². The van der Waals surface area contributed by atoms with Crippen molar-refractivity contribution in [2.24, 2.45) is 11.1 Å². The zero-order valence-corrected chi connectivity index (χ0v) is 10.6. The van der Waals surface area contributed by atoms with Gasteiger partial charge in [-0.15, -0.1) is 0 Å². The van der Waals surface area contributed by atoms with Crippen LogP contribution in [0, 0.1) is 5.41 Å². The maximum Gasteiger partial charge on any atom is 0.248 e. The maximum absolute atomic E-state index is 6.12. The first-order valence-corrected chi connectivity index (χ1v) is 6.22. The van der Waals surface area contributed by atoms with E-state index >= 15 is 0 Å². The van der Waals surface area contributed by atoms with Crippen molar-refractivity contribution in [3.63, 3.8) is 0 Å². The van der Waals surface area contributed by atoms with Crippen LogP contribution in [0.3, 0.4) is 0 Å². The number of hydrogen-bond donors (Lipinski definition) is 1. The first kappa shape index (κ1) is 11.4. The van der Waals surface area contributed by atoms with E-state index in [4.69, 9.17) is 10.3 Å². The fraction of sp³-hybridized carbons (Fsp3) is 0.429. The molecule has 0 amide bonds. The predicted octanol–water partition coefficient (Wildman–Crippen LogP) is 2.63. The predicted molar refractivity (Wildman–Crippen MR) is 67.9 cm³/mol. The molecule has 1 saturated carbocycles. The number of hydrogen-bond acceptors (Lipinski definition) is 4. The summed E-state index contributed by atoms with van der Waals surface area (Å²) in [4.78, 5) is 4.44. The zero-order chi connectivity index (χ0) is 12.8. The summed E-state index contributed by atoms with van der Waals surface area (Å²) in [6.45, 7) is 4.43. The molecule has 1 aromatic carbocycles. The van der Waals surface area contributed by atoms with Crippen LogP contribution < -0.4 is 5.73 Å². The van der Waals surface area contributed by atoms with Gasteiger partial charge in [-0.2, -0.15) is 4.98 Å². The quantitative estimate of drug-likeness (QED) is 0.900. The average molecular weight is 243 g/mol. The minimum atomic E-state index is -0.339. The van der Waals surface area contributed by atoms with Crippen LogP contribution >= 0.6 is 0 Å². The van der Waals surface area contributed by atoms with E-state index in [1.807, 2.05) is 30.3 Å². The first-order valence-electron chi connectivity index (χ1n) is 6.22. The van der Waals surface area contributed by atoms with Crippen molar-refractivity contribution in [1.82, 2.24) is 10.1 Å². The lowest BCUT2D eigenvalue weighted by Gasteiger charge is -2.05. The third-order valence-corrected chi connectivity index (χ3v) is 3.71. The van der Waals surface area contributed by atoms with E-state index in [-0.39, 0.29) is 6.04 Å². The Morgan fingerprint density at radius 1 is 1.33 bits per heavy atom. The summed E-state index contributed by atoms with van der Waals surface area (Å²) >= 11 is 0. The van der Waals surface area contributed by atoms with E-state index < -0.39 is 0 Å². The average Bonchev–Trinajstić information content (AvgIpc) is 2.80. The summed E-state index contributed by atoms with van der Waals surface area (Å²) in [5, 5.41) is 4.05. The van der Waals surface area contributed by atoms with Crippen LogP contribution in [0.2, 0.25) is 0 Å². The SMILES string of the molecule is CC1(C)CC1c1noc(C(N)c2ccccc2)n1. The van der Waals surface area contributed by atoms with E-state index in [9.17, 15) is 0 Å². The van der Waals surface area contributed by atoms with E-state index in [0.29, 0.717) is 17.2 Å². The monoisotopic (exact) mass is 243 g/mol. The third kappa shape index (κ3) is 1.93. The molecule has 94 valence electrons. The van der Waals surface area contributed by atoms with Crippen LogP contribution in [0.1, 0.15) is 49.5 Å². The Morgan fingerprint density at radius 3 is 2.61 bits per heavy atom. The van der Waals surface area contributed by atoms with Gasteiger partial charge in [0.15, 0.2) is 5.82 Å². The minimum Gasteiger partial charge on any atom is -0.337 e. The molecule has 1 fully saturated rings. The lowest BCUT2D eigenvalue weighted by molar-refractivity contribution is 0.361. The van der Waals surface area contributed by atoms with Gasteiger partial charge in [-0.1, -0.05) is 49.3 Å². The Labute approximate surface area is 106 Å². The standard InChI is InChI=1S/C14H17N3O/c1-14(2)8-10(14)12-16-13(18-17-12)11(15)9-6-4-3-5-7-9/h3-7,10-11H,8,15H2,1-2H3. The lowest BCUT2D eigenvalue weighted by Crippen LogP contribution is -2.12. The summed E-state index contributed by atoms with van der Waals surface area (Å²) in [6, 6.07) is 9.47. The number of aromatic nitrogens is 2. The van der Waals surface area contributed by atoms with E-state index in [1.54, 1.807) is 0 Å². The molecule has 3 rings (SSSR count). The molecule has 1 aliphatic carbocycles. The molecule has 0 spiro atoms. The Balaban J connectivity index is 1.82. The molecule has 2 unspecified atom stereocenters. The summed E-state index contributed by atoms with van der Waals surface area (Å²) in [6.07, 6.45) is 1.12. The summed E-state index contributed by atoms with van der Waals surface area (Å²) in [5.74, 6) is 1.71. The van der Waals surface area contributed by atoms with Gasteiger partial charge in [-0.3, -0.25) is 0 Å². The van der Waals surface area contributed by atoms with Crippen LogP contribution in [0.15, 0.2) is 34.9 Å². The molecule has 4 nitrogen and oxygen atoms in total. The van der Waals surface area contributed by atoms with Gasteiger partial charge in [0.25, 0.3) is 0 Å². The highest BCUT2D eigenvalue weighted by molar-refractivity contribution is 5.24. The van der Waals surface area contributed by atoms with Crippen molar-refractivity contribution in [2.45, 2.75) is 32.2 Å². The molecule has 2 atom stereocenters. The molecule has 1 aliphatic rings. The molecule has 0 saturated heterocycles. The number of rotatable bonds is 3. The Kier molecular flexibility index (Phi) is 2.48. The van der Waals surface area contributed by atoms with Gasteiger partial charge < -0.3 is 10.3 Å². The van der Waals surface area contributed by atoms with E-state index in [2.05, 4.69) is 24.0 Å². The second kappa shape index (κ2) is 3.92. The topological polar surface area (TPSA) is 64.9 Å². The molecular weight excluding hydrogens is 226 g/mol. The van der Waals surface area contributed by atoms with Crippen LogP contribution in [0.25, 0.3) is 0 Å². The molecule has 18 heavy (non-hydrogen) atoms. The molecule has 1 aromatic heterocycles. The Morgan fingerprint density at radius 2 is 2.00 bits per heavy atom. The fourth-order valence-electron chi connectivity index (χ4n) is 2.23. The molecule has 1 heterocycles. The Hall–Kier alpha value is -1.68. The highest BCUT2D eigenvalue weighted by Crippen LogP contribution is 2.57. The van der Waals surface area contributed by atoms with E-state index in [0.717, 1.165) is 17.8 Å². The van der Waals surface area contributed by atoms with Crippen molar-refractivity contribution in [3.05, 3.63) is 47.6 Å². The van der Waals surface area contributed by atoms with Gasteiger partial charge in [0.1, 0.15) is 6.04 Å². The van der Waals surface area contributed by atoms with Gasteiger partial charge in [0.2, 0.25) is 5.89 Å². The normalized spacial score (nSPS) is 22.7. The highest BCUT2D eigenvalue weighted by Gasteiger charge is 2.49. The van der Waals surface area contributed by atoms with E-state index in [1.165, 1.54) is 0 Å². The minimum absolute atomic E-state index is 0.304. The second-order valence-electron chi connectivity index (χ2n) is 5.62. The molecular formula is C14H17N3O. The number of benzene rings is 1. The van der Waals surface area contributed by atoms with Gasteiger partial charge in [-0.05, 0) is 17.4 Å². The maximum atomic E-state index is 6.12. The summed E-state index contributed by atoms with van der Waals surface area (Å²) in [5.41, 5.74) is 7.41. The van der Waals surface area contributed by atoms with Crippen molar-refractivity contribution in [3.8, 4) is 0 Å². The lowest BCUT2D eigenvalue weighted by atomic mass is 10.1. The van der Waals surface area contributed by atoms with Crippen LogP contribution in [-0.2, 0) is 0 Å². The summed E-state index contributed by atoms with van der Waals surface area (Å²) in [7, 11) is 0. The zero-order valence-electron chi connectivity index (χ0n) is 10.6. The highest BCUT2D eigenvalue weighted by atomic mass is 16.5. The number of nitrogens with zero attached hydrogens (tertiary/aromatic N) is 2. The van der Waals surface area contributed by atoms with Crippen LogP contribution in [0.5, 0.6) is 0 Å². The molecule has 2 N–H and O–H groups in total. The van der Waals surface area contributed by atoms with Crippen LogP contribution in [-0.4, -0.2) is 10.1 Å².